The summed E-state index contributed by atoms with van der Waals surface area (Å²) in [6.07, 6.45) is 0. The fourth-order valence-corrected chi connectivity index (χ4v) is 3.73. The average Bonchev–Trinajstić information content (AvgIpc) is 3.08. The van der Waals surface area contributed by atoms with Crippen molar-refractivity contribution < 1.29 is 9.47 Å². The van der Waals surface area contributed by atoms with E-state index < -0.39 is 0 Å². The molecule has 142 valence electrons. The Kier molecular flexibility index (Phi) is 4.94. The number of para-hydroxylation sites is 2. The van der Waals surface area contributed by atoms with Crippen LogP contribution in [0.1, 0.15) is 22.9 Å². The number of anilines is 1. The molecule has 0 aliphatic heterocycles. The zero-order valence-electron chi connectivity index (χ0n) is 16.3. The van der Waals surface area contributed by atoms with Gasteiger partial charge >= 0.3 is 0 Å². The number of benzene rings is 3. The van der Waals surface area contributed by atoms with Gasteiger partial charge < -0.3 is 19.8 Å². The van der Waals surface area contributed by atoms with E-state index in [1.165, 1.54) is 10.9 Å². The number of aryl methyl sites for hydroxylation is 1. The summed E-state index contributed by atoms with van der Waals surface area (Å²) < 4.78 is 11.0. The maximum Gasteiger partial charge on any atom is 0.124 e. The molecule has 4 nitrogen and oxygen atoms in total. The van der Waals surface area contributed by atoms with Gasteiger partial charge in [-0.05, 0) is 43.3 Å². The van der Waals surface area contributed by atoms with Crippen molar-refractivity contribution >= 4 is 16.6 Å². The third-order valence-corrected chi connectivity index (χ3v) is 5.08. The first-order valence-corrected chi connectivity index (χ1v) is 9.32. The van der Waals surface area contributed by atoms with Crippen LogP contribution in [0.5, 0.6) is 11.5 Å². The van der Waals surface area contributed by atoms with E-state index in [0.717, 1.165) is 34.0 Å². The van der Waals surface area contributed by atoms with E-state index in [1.54, 1.807) is 14.2 Å². The summed E-state index contributed by atoms with van der Waals surface area (Å²) in [6, 6.07) is 24.5. The Balaban J connectivity index is 1.86. The number of ether oxygens (including phenoxy) is 2. The van der Waals surface area contributed by atoms with E-state index in [0.29, 0.717) is 0 Å². The van der Waals surface area contributed by atoms with Crippen molar-refractivity contribution in [3.8, 4) is 11.5 Å². The van der Waals surface area contributed by atoms with Crippen LogP contribution in [0.15, 0.2) is 72.8 Å². The Morgan fingerprint density at radius 1 is 0.821 bits per heavy atom. The van der Waals surface area contributed by atoms with Crippen molar-refractivity contribution in [2.75, 3.05) is 19.5 Å². The number of aromatic amines is 1. The van der Waals surface area contributed by atoms with Crippen LogP contribution in [0, 0.1) is 6.92 Å². The lowest BCUT2D eigenvalue weighted by Crippen LogP contribution is -2.14. The minimum Gasteiger partial charge on any atom is -0.497 e. The molecule has 3 aromatic carbocycles. The fraction of sp³-hybridized carbons (Fsp3) is 0.167. The number of methoxy groups -OCH3 is 2. The second-order valence-electron chi connectivity index (χ2n) is 6.76. The largest absolute Gasteiger partial charge is 0.497 e. The van der Waals surface area contributed by atoms with Crippen LogP contribution in [0.25, 0.3) is 10.9 Å². The zero-order chi connectivity index (χ0) is 19.5. The summed E-state index contributed by atoms with van der Waals surface area (Å²) in [7, 11) is 3.39. The van der Waals surface area contributed by atoms with Gasteiger partial charge in [0.2, 0.25) is 0 Å². The molecule has 1 aromatic heterocycles. The van der Waals surface area contributed by atoms with Crippen LogP contribution < -0.4 is 14.8 Å². The number of fused-ring (bicyclic) bond motifs is 1. The van der Waals surface area contributed by atoms with Crippen LogP contribution in [-0.2, 0) is 0 Å². The van der Waals surface area contributed by atoms with Crippen LogP contribution in [-0.4, -0.2) is 19.2 Å². The number of hydrogen-bond donors (Lipinski definition) is 2. The first-order valence-electron chi connectivity index (χ1n) is 9.32. The Labute approximate surface area is 165 Å². The van der Waals surface area contributed by atoms with Gasteiger partial charge in [-0.15, -0.1) is 0 Å². The maximum absolute atomic E-state index is 5.68. The third kappa shape index (κ3) is 3.29. The van der Waals surface area contributed by atoms with Crippen molar-refractivity contribution in [3.05, 3.63) is 89.6 Å². The van der Waals surface area contributed by atoms with Crippen LogP contribution >= 0.6 is 0 Å². The lowest BCUT2D eigenvalue weighted by atomic mass is 9.95. The van der Waals surface area contributed by atoms with Gasteiger partial charge in [-0.1, -0.05) is 36.4 Å². The Hall–Kier alpha value is -3.40. The highest BCUT2D eigenvalue weighted by Gasteiger charge is 2.23. The van der Waals surface area contributed by atoms with Gasteiger partial charge in [-0.3, -0.25) is 0 Å². The minimum atomic E-state index is -0.0688. The molecular weight excluding hydrogens is 348 g/mol. The molecule has 1 heterocycles. The molecule has 0 aliphatic rings. The van der Waals surface area contributed by atoms with Gasteiger partial charge in [-0.25, -0.2) is 0 Å². The topological polar surface area (TPSA) is 46.3 Å². The molecule has 0 unspecified atom stereocenters. The van der Waals surface area contributed by atoms with E-state index in [2.05, 4.69) is 47.6 Å². The molecule has 0 spiro atoms. The highest BCUT2D eigenvalue weighted by atomic mass is 16.5. The molecule has 4 aromatic rings. The number of H-pyrrole nitrogens is 1. The number of hydrogen-bond acceptors (Lipinski definition) is 3. The van der Waals surface area contributed by atoms with Gasteiger partial charge in [0.05, 0.1) is 20.3 Å². The lowest BCUT2D eigenvalue weighted by Gasteiger charge is -2.23. The average molecular weight is 372 g/mol. The molecule has 4 heteroatoms. The highest BCUT2D eigenvalue weighted by Crippen LogP contribution is 2.38. The van der Waals surface area contributed by atoms with Gasteiger partial charge in [0.25, 0.3) is 0 Å². The molecular formula is C24H24N2O2. The molecule has 1 atom stereocenters. The summed E-state index contributed by atoms with van der Waals surface area (Å²) in [6.45, 7) is 2.12. The normalized spacial score (nSPS) is 12.0. The first kappa shape index (κ1) is 18.0. The molecule has 2 N–H and O–H groups in total. The molecule has 0 saturated carbocycles. The summed E-state index contributed by atoms with van der Waals surface area (Å²) in [5.41, 5.74) is 5.59. The fourth-order valence-electron chi connectivity index (χ4n) is 3.73. The monoisotopic (exact) mass is 372 g/mol. The Morgan fingerprint density at radius 3 is 2.29 bits per heavy atom. The maximum atomic E-state index is 5.68. The molecule has 0 amide bonds. The summed E-state index contributed by atoms with van der Waals surface area (Å²) >= 11 is 0. The van der Waals surface area contributed by atoms with E-state index >= 15 is 0 Å². The van der Waals surface area contributed by atoms with Gasteiger partial charge in [0.1, 0.15) is 11.5 Å². The molecule has 0 fully saturated rings. The van der Waals surface area contributed by atoms with E-state index in [9.17, 15) is 0 Å². The number of aromatic nitrogens is 1. The quantitative estimate of drug-likeness (QED) is 0.457. The zero-order valence-corrected chi connectivity index (χ0v) is 16.3. The van der Waals surface area contributed by atoms with Gasteiger partial charge in [0.15, 0.2) is 0 Å². The van der Waals surface area contributed by atoms with Crippen LogP contribution in [0.2, 0.25) is 0 Å². The SMILES string of the molecule is COc1ccc(N[C@@H](c2ccccc2OC)c2c(C)[nH]c3ccccc23)cc1. The van der Waals surface area contributed by atoms with E-state index in [1.807, 2.05) is 42.5 Å². The summed E-state index contributed by atoms with van der Waals surface area (Å²) in [5, 5.41) is 4.91. The molecule has 28 heavy (non-hydrogen) atoms. The molecule has 0 bridgehead atoms. The Bertz CT molecular complexity index is 1080. The third-order valence-electron chi connectivity index (χ3n) is 5.08. The standard InChI is InChI=1S/C24H24N2O2/c1-16-23(19-8-4-6-10-21(19)25-16)24(20-9-5-7-11-22(20)28-3)26-17-12-14-18(27-2)15-13-17/h4-15,24-26H,1-3H3/t24-/m0/s1. The lowest BCUT2D eigenvalue weighted by molar-refractivity contribution is 0.408. The smallest absolute Gasteiger partial charge is 0.124 e. The summed E-state index contributed by atoms with van der Waals surface area (Å²) in [5.74, 6) is 1.70. The number of nitrogens with one attached hydrogen (secondary N) is 2. The van der Waals surface area contributed by atoms with Crippen molar-refractivity contribution in [3.63, 3.8) is 0 Å². The number of rotatable bonds is 6. The highest BCUT2D eigenvalue weighted by molar-refractivity contribution is 5.86. The van der Waals surface area contributed by atoms with Crippen LogP contribution in [0.4, 0.5) is 5.69 Å². The predicted molar refractivity (Wildman–Crippen MR) is 114 cm³/mol. The Morgan fingerprint density at radius 2 is 1.54 bits per heavy atom. The van der Waals surface area contributed by atoms with Gasteiger partial charge in [-0.2, -0.15) is 0 Å². The van der Waals surface area contributed by atoms with Crippen molar-refractivity contribution in [2.45, 2.75) is 13.0 Å². The minimum absolute atomic E-state index is 0.0688. The van der Waals surface area contributed by atoms with E-state index in [-0.39, 0.29) is 6.04 Å². The second-order valence-corrected chi connectivity index (χ2v) is 6.76. The molecule has 0 radical (unpaired) electrons. The van der Waals surface area contributed by atoms with Crippen molar-refractivity contribution in [2.24, 2.45) is 0 Å². The van der Waals surface area contributed by atoms with Crippen molar-refractivity contribution in [1.82, 2.24) is 4.98 Å². The first-order chi connectivity index (χ1) is 13.7. The molecule has 0 saturated heterocycles. The predicted octanol–water partition coefficient (Wildman–Crippen LogP) is 5.70. The van der Waals surface area contributed by atoms with Gasteiger partial charge in [0, 0.05) is 33.4 Å². The molecule has 0 aliphatic carbocycles. The van der Waals surface area contributed by atoms with Crippen LogP contribution in [0.3, 0.4) is 0 Å². The van der Waals surface area contributed by atoms with E-state index in [4.69, 9.17) is 9.47 Å². The summed E-state index contributed by atoms with van der Waals surface area (Å²) in [4.78, 5) is 3.52. The molecule has 4 rings (SSSR count). The van der Waals surface area contributed by atoms with Crippen molar-refractivity contribution in [1.29, 1.82) is 0 Å². The second kappa shape index (κ2) is 7.69.